The van der Waals surface area contributed by atoms with Gasteiger partial charge in [-0.3, -0.25) is 14.4 Å². The van der Waals surface area contributed by atoms with Crippen molar-refractivity contribution in [3.05, 3.63) is 83.9 Å². The molecule has 4 N–H and O–H groups in total. The number of H-pyrrole nitrogens is 1. The first-order valence-electron chi connectivity index (χ1n) is 20.3. The van der Waals surface area contributed by atoms with Crippen LogP contribution >= 0.6 is 0 Å². The van der Waals surface area contributed by atoms with Crippen LogP contribution in [0.3, 0.4) is 0 Å². The highest BCUT2D eigenvalue weighted by atomic mass is 16.6. The van der Waals surface area contributed by atoms with Gasteiger partial charge in [-0.25, -0.2) is 4.79 Å². The molecule has 2 fully saturated rings. The second kappa shape index (κ2) is 19.6. The monoisotopic (exact) mass is 776 g/mol. The number of carbonyl (C=O) groups is 4. The standard InChI is InChI=1S/C44H56N8O5/c1-44(2,3)57-43(56)46-29-30-10-12-33(13-11-30)39(53)28-37(42(55)47-38-20-18-34(19-21-38)40-48-50-51-49-40)27-31-8-7-9-36(26-31)32-14-16-35(17-15-32)41(54)45-22-25-52-23-5-4-6-24-52/h7-9,14-21,26,30,33,37H,4-6,10-13,22-25,27-29H2,1-3H3,(H,45,54)(H,46,56)(H,47,55)(H,48,49,50,51)/t30?,33?,37-/m1/s1. The summed E-state index contributed by atoms with van der Waals surface area (Å²) in [5, 5.41) is 23.1. The molecule has 4 aromatic rings. The van der Waals surface area contributed by atoms with Crippen molar-refractivity contribution in [1.82, 2.24) is 36.2 Å². The van der Waals surface area contributed by atoms with E-state index in [4.69, 9.17) is 4.74 Å². The van der Waals surface area contributed by atoms with Crippen LogP contribution in [0.25, 0.3) is 22.5 Å². The van der Waals surface area contributed by atoms with Crippen molar-refractivity contribution in [2.75, 3.05) is 38.0 Å². The summed E-state index contributed by atoms with van der Waals surface area (Å²) in [5.74, 6) is -0.249. The summed E-state index contributed by atoms with van der Waals surface area (Å²) in [5.41, 5.74) is 4.26. The Hall–Kier alpha value is -5.43. The molecule has 0 spiro atoms. The Morgan fingerprint density at radius 1 is 0.860 bits per heavy atom. The van der Waals surface area contributed by atoms with Crippen molar-refractivity contribution in [3.63, 3.8) is 0 Å². The molecule has 57 heavy (non-hydrogen) atoms. The fraction of sp³-hybridized carbons (Fsp3) is 0.477. The van der Waals surface area contributed by atoms with E-state index in [0.29, 0.717) is 49.4 Å². The summed E-state index contributed by atoms with van der Waals surface area (Å²) in [6.07, 6.45) is 6.86. The SMILES string of the molecule is CC(C)(C)OC(=O)NCC1CCC(C(=O)C[C@@H](Cc2cccc(-c3ccc(C(=O)NCCN4CCCCC4)cc3)c2)C(=O)Nc2ccc(-c3nn[nH]n3)cc2)CC1. The number of ketones is 1. The number of hydrogen-bond acceptors (Lipinski definition) is 9. The molecule has 6 rings (SSSR count). The third-order valence-electron chi connectivity index (χ3n) is 10.9. The van der Waals surface area contributed by atoms with Crippen LogP contribution in [-0.2, 0) is 20.7 Å². The fourth-order valence-corrected chi connectivity index (χ4v) is 7.72. The zero-order valence-electron chi connectivity index (χ0n) is 33.4. The first kappa shape index (κ1) is 41.2. The van der Waals surface area contributed by atoms with E-state index in [1.54, 1.807) is 12.1 Å². The molecule has 2 aliphatic rings. The van der Waals surface area contributed by atoms with Gasteiger partial charge in [-0.2, -0.15) is 5.21 Å². The highest BCUT2D eigenvalue weighted by Gasteiger charge is 2.31. The van der Waals surface area contributed by atoms with Crippen LogP contribution in [0.2, 0.25) is 0 Å². The number of nitrogens with one attached hydrogen (secondary N) is 4. The normalized spacial score (nSPS) is 17.9. The number of anilines is 1. The van der Waals surface area contributed by atoms with Gasteiger partial charge in [0.1, 0.15) is 11.4 Å². The van der Waals surface area contributed by atoms with Gasteiger partial charge in [0, 0.05) is 54.7 Å². The number of carbonyl (C=O) groups excluding carboxylic acids is 4. The number of nitrogens with zero attached hydrogens (tertiary/aromatic N) is 4. The van der Waals surface area contributed by atoms with E-state index in [1.165, 1.54) is 19.3 Å². The number of aromatic amines is 1. The number of amides is 3. The predicted octanol–water partition coefficient (Wildman–Crippen LogP) is 6.84. The number of rotatable bonds is 15. The molecule has 13 heteroatoms. The molecule has 13 nitrogen and oxygen atoms in total. The molecule has 3 aromatic carbocycles. The van der Waals surface area contributed by atoms with Crippen LogP contribution in [0.1, 0.15) is 88.1 Å². The van der Waals surface area contributed by atoms with Crippen molar-refractivity contribution in [1.29, 1.82) is 0 Å². The lowest BCUT2D eigenvalue weighted by Gasteiger charge is -2.29. The summed E-state index contributed by atoms with van der Waals surface area (Å²) in [4.78, 5) is 55.3. The highest BCUT2D eigenvalue weighted by Crippen LogP contribution is 2.32. The molecule has 1 saturated heterocycles. The maximum Gasteiger partial charge on any atom is 0.407 e. The van der Waals surface area contributed by atoms with Gasteiger partial charge < -0.3 is 25.6 Å². The van der Waals surface area contributed by atoms with Crippen molar-refractivity contribution in [3.8, 4) is 22.5 Å². The van der Waals surface area contributed by atoms with Crippen LogP contribution in [0.15, 0.2) is 72.8 Å². The van der Waals surface area contributed by atoms with E-state index in [1.807, 2.05) is 75.4 Å². The number of aromatic nitrogens is 4. The van der Waals surface area contributed by atoms with Crippen molar-refractivity contribution in [2.45, 2.75) is 84.2 Å². The average molecular weight is 777 g/mol. The first-order chi connectivity index (χ1) is 27.5. The minimum Gasteiger partial charge on any atom is -0.444 e. The Labute approximate surface area is 335 Å². The molecular formula is C44H56N8O5. The molecule has 0 radical (unpaired) electrons. The lowest BCUT2D eigenvalue weighted by molar-refractivity contribution is -0.129. The van der Waals surface area contributed by atoms with E-state index in [2.05, 4.69) is 47.5 Å². The van der Waals surface area contributed by atoms with Gasteiger partial charge in [0.2, 0.25) is 11.7 Å². The van der Waals surface area contributed by atoms with Crippen molar-refractivity contribution < 1.29 is 23.9 Å². The van der Waals surface area contributed by atoms with Gasteiger partial charge in [-0.15, -0.1) is 10.2 Å². The lowest BCUT2D eigenvalue weighted by atomic mass is 9.77. The van der Waals surface area contributed by atoms with Crippen LogP contribution in [-0.4, -0.2) is 87.5 Å². The van der Waals surface area contributed by atoms with Crippen molar-refractivity contribution in [2.24, 2.45) is 17.8 Å². The first-order valence-corrected chi connectivity index (χ1v) is 20.3. The Bertz CT molecular complexity index is 1930. The molecule has 1 aliphatic carbocycles. The molecule has 2 heterocycles. The zero-order chi connectivity index (χ0) is 40.2. The third-order valence-corrected chi connectivity index (χ3v) is 10.9. The van der Waals surface area contributed by atoms with E-state index in [0.717, 1.165) is 54.7 Å². The Kier molecular flexibility index (Phi) is 14.2. The lowest BCUT2D eigenvalue weighted by Crippen LogP contribution is -2.37. The van der Waals surface area contributed by atoms with Gasteiger partial charge in [0.25, 0.3) is 5.91 Å². The van der Waals surface area contributed by atoms with E-state index in [9.17, 15) is 19.2 Å². The quantitative estimate of drug-likeness (QED) is 0.101. The van der Waals surface area contributed by atoms with Crippen LogP contribution in [0.5, 0.6) is 0 Å². The average Bonchev–Trinajstić information content (AvgIpc) is 3.76. The van der Waals surface area contributed by atoms with E-state index < -0.39 is 17.6 Å². The fourth-order valence-electron chi connectivity index (χ4n) is 7.72. The number of likely N-dealkylation sites (tertiary alicyclic amines) is 1. The number of ether oxygens (including phenoxy) is 1. The minimum atomic E-state index is -0.604. The van der Waals surface area contributed by atoms with Gasteiger partial charge >= 0.3 is 6.09 Å². The van der Waals surface area contributed by atoms with E-state index >= 15 is 0 Å². The predicted molar refractivity (Wildman–Crippen MR) is 219 cm³/mol. The molecule has 3 amide bonds. The van der Waals surface area contributed by atoms with Crippen LogP contribution in [0.4, 0.5) is 10.5 Å². The van der Waals surface area contributed by atoms with E-state index in [-0.39, 0.29) is 35.9 Å². The maximum absolute atomic E-state index is 14.0. The number of benzene rings is 3. The largest absolute Gasteiger partial charge is 0.444 e. The third kappa shape index (κ3) is 12.5. The highest BCUT2D eigenvalue weighted by molar-refractivity contribution is 5.96. The summed E-state index contributed by atoms with van der Waals surface area (Å²) in [6.45, 7) is 9.70. The zero-order valence-corrected chi connectivity index (χ0v) is 33.4. The summed E-state index contributed by atoms with van der Waals surface area (Å²) < 4.78 is 5.37. The number of hydrogen-bond donors (Lipinski definition) is 4. The smallest absolute Gasteiger partial charge is 0.407 e. The van der Waals surface area contributed by atoms with Crippen molar-refractivity contribution >= 4 is 29.4 Å². The topological polar surface area (TPSA) is 171 Å². The molecule has 0 bridgehead atoms. The molecule has 302 valence electrons. The summed E-state index contributed by atoms with van der Waals surface area (Å²) >= 11 is 0. The van der Waals surface area contributed by atoms with Crippen LogP contribution in [0, 0.1) is 17.8 Å². The Balaban J connectivity index is 1.09. The Morgan fingerprint density at radius 2 is 1.58 bits per heavy atom. The number of alkyl carbamates (subject to hydrolysis) is 1. The minimum absolute atomic E-state index is 0.0822. The molecule has 0 unspecified atom stereocenters. The van der Waals surface area contributed by atoms with Gasteiger partial charge in [-0.05, 0) is 143 Å². The maximum atomic E-state index is 14.0. The molecule has 1 aliphatic heterocycles. The molecule has 1 saturated carbocycles. The van der Waals surface area contributed by atoms with Gasteiger partial charge in [0.05, 0.1) is 0 Å². The Morgan fingerprint density at radius 3 is 2.26 bits per heavy atom. The van der Waals surface area contributed by atoms with Crippen LogP contribution < -0.4 is 16.0 Å². The second-order valence-electron chi connectivity index (χ2n) is 16.4. The molecular weight excluding hydrogens is 721 g/mol. The number of tetrazole rings is 1. The van der Waals surface area contributed by atoms with Gasteiger partial charge in [0.15, 0.2) is 0 Å². The van der Waals surface area contributed by atoms with Gasteiger partial charge in [-0.1, -0.05) is 42.8 Å². The number of piperidine rings is 1. The summed E-state index contributed by atoms with van der Waals surface area (Å²) in [6, 6.07) is 22.8. The second-order valence-corrected chi connectivity index (χ2v) is 16.4. The summed E-state index contributed by atoms with van der Waals surface area (Å²) in [7, 11) is 0. The number of Topliss-reactive ketones (excluding diaryl/α,β-unsaturated/α-hetero) is 1. The molecule has 1 aromatic heterocycles. The molecule has 1 atom stereocenters.